The molecule has 0 aliphatic carbocycles. The Balaban J connectivity index is 0.00000300. The Kier molecular flexibility index (Phi) is 9.30. The van der Waals surface area contributed by atoms with Crippen LogP contribution in [0.5, 0.6) is 11.5 Å². The van der Waals surface area contributed by atoms with E-state index in [0.717, 1.165) is 68.0 Å². The van der Waals surface area contributed by atoms with E-state index in [-0.39, 0.29) is 24.0 Å². The monoisotopic (exact) mass is 511 g/mol. The fourth-order valence-corrected chi connectivity index (χ4v) is 3.41. The zero-order chi connectivity index (χ0) is 19.8. The second kappa shape index (κ2) is 11.7. The van der Waals surface area contributed by atoms with Gasteiger partial charge in [-0.05, 0) is 42.3 Å². The molecular weight excluding hydrogens is 481 g/mol. The predicted octanol–water partition coefficient (Wildman–Crippen LogP) is 2.66. The van der Waals surface area contributed by atoms with E-state index in [1.54, 1.807) is 14.2 Å². The molecule has 1 aliphatic rings. The standard InChI is InChI=1S/C21H29N5O2.HI/c1-22-21(24-11-9-17-16-18(27-2)7-8-19(17)28-3)26-14-12-25(13-15-26)20-6-4-5-10-23-20;/h4-8,10,16H,9,11-15H2,1-3H3,(H,22,24);1H. The zero-order valence-corrected chi connectivity index (χ0v) is 19.6. The lowest BCUT2D eigenvalue weighted by atomic mass is 10.1. The number of nitrogens with zero attached hydrogens (tertiary/aromatic N) is 4. The highest BCUT2D eigenvalue weighted by atomic mass is 127. The van der Waals surface area contributed by atoms with Crippen molar-refractivity contribution in [2.75, 3.05) is 58.9 Å². The highest BCUT2D eigenvalue weighted by Gasteiger charge is 2.20. The maximum atomic E-state index is 5.46. The van der Waals surface area contributed by atoms with Crippen LogP contribution in [0, 0.1) is 0 Å². The van der Waals surface area contributed by atoms with E-state index in [1.807, 2.05) is 43.6 Å². The van der Waals surface area contributed by atoms with Crippen LogP contribution in [-0.4, -0.2) is 69.8 Å². The number of rotatable bonds is 6. The van der Waals surface area contributed by atoms with Crippen LogP contribution in [0.25, 0.3) is 0 Å². The Hall–Kier alpha value is -2.23. The summed E-state index contributed by atoms with van der Waals surface area (Å²) in [7, 11) is 5.20. The van der Waals surface area contributed by atoms with Gasteiger partial charge in [0, 0.05) is 46.0 Å². The van der Waals surface area contributed by atoms with Gasteiger partial charge in [0.25, 0.3) is 0 Å². The van der Waals surface area contributed by atoms with Crippen molar-refractivity contribution in [2.45, 2.75) is 6.42 Å². The molecule has 8 heteroatoms. The number of pyridine rings is 1. The number of benzene rings is 1. The molecule has 158 valence electrons. The lowest BCUT2D eigenvalue weighted by molar-refractivity contribution is 0.371. The third kappa shape index (κ3) is 6.12. The topological polar surface area (TPSA) is 62.2 Å². The molecule has 0 radical (unpaired) electrons. The summed E-state index contributed by atoms with van der Waals surface area (Å²) in [5, 5.41) is 3.48. The van der Waals surface area contributed by atoms with Crippen molar-refractivity contribution in [3.05, 3.63) is 48.2 Å². The minimum atomic E-state index is 0. The molecule has 29 heavy (non-hydrogen) atoms. The van der Waals surface area contributed by atoms with Gasteiger partial charge in [0.1, 0.15) is 17.3 Å². The van der Waals surface area contributed by atoms with Crippen molar-refractivity contribution in [3.63, 3.8) is 0 Å². The van der Waals surface area contributed by atoms with Crippen LogP contribution in [0.4, 0.5) is 5.82 Å². The molecule has 7 nitrogen and oxygen atoms in total. The van der Waals surface area contributed by atoms with Gasteiger partial charge in [-0.2, -0.15) is 0 Å². The fraction of sp³-hybridized carbons (Fsp3) is 0.429. The molecule has 2 aromatic rings. The first kappa shape index (κ1) is 23.1. The summed E-state index contributed by atoms with van der Waals surface area (Å²) >= 11 is 0. The van der Waals surface area contributed by atoms with Crippen LogP contribution in [0.15, 0.2) is 47.6 Å². The number of aromatic nitrogens is 1. The molecule has 1 saturated heterocycles. The number of methoxy groups -OCH3 is 2. The van der Waals surface area contributed by atoms with Crippen LogP contribution in [-0.2, 0) is 6.42 Å². The summed E-state index contributed by atoms with van der Waals surface area (Å²) in [6, 6.07) is 11.9. The molecule has 0 unspecified atom stereocenters. The molecule has 0 spiro atoms. The van der Waals surface area contributed by atoms with Gasteiger partial charge >= 0.3 is 0 Å². The van der Waals surface area contributed by atoms with E-state index in [0.29, 0.717) is 0 Å². The first-order chi connectivity index (χ1) is 13.7. The SMILES string of the molecule is CN=C(NCCc1cc(OC)ccc1OC)N1CCN(c2ccccn2)CC1.I. The summed E-state index contributed by atoms with van der Waals surface area (Å²) in [4.78, 5) is 13.5. The predicted molar refractivity (Wildman–Crippen MR) is 128 cm³/mol. The molecule has 0 atom stereocenters. The van der Waals surface area contributed by atoms with Crippen molar-refractivity contribution in [1.29, 1.82) is 0 Å². The average molecular weight is 511 g/mol. The maximum absolute atomic E-state index is 5.46. The summed E-state index contributed by atoms with van der Waals surface area (Å²) < 4.78 is 10.8. The van der Waals surface area contributed by atoms with Gasteiger partial charge in [-0.3, -0.25) is 4.99 Å². The summed E-state index contributed by atoms with van der Waals surface area (Å²) in [5.41, 5.74) is 1.12. The number of hydrogen-bond acceptors (Lipinski definition) is 5. The molecule has 2 heterocycles. The molecule has 0 amide bonds. The van der Waals surface area contributed by atoms with Gasteiger partial charge in [0.2, 0.25) is 0 Å². The Bertz CT molecular complexity index is 780. The van der Waals surface area contributed by atoms with Gasteiger partial charge in [-0.15, -0.1) is 24.0 Å². The molecule has 1 N–H and O–H groups in total. The van der Waals surface area contributed by atoms with Crippen LogP contribution in [0.2, 0.25) is 0 Å². The molecule has 1 aromatic carbocycles. The third-order valence-corrected chi connectivity index (χ3v) is 4.93. The smallest absolute Gasteiger partial charge is 0.193 e. The van der Waals surface area contributed by atoms with Gasteiger partial charge in [-0.25, -0.2) is 4.98 Å². The van der Waals surface area contributed by atoms with Gasteiger partial charge in [-0.1, -0.05) is 6.07 Å². The van der Waals surface area contributed by atoms with Crippen molar-refractivity contribution in [3.8, 4) is 11.5 Å². The van der Waals surface area contributed by atoms with E-state index in [1.165, 1.54) is 0 Å². The zero-order valence-electron chi connectivity index (χ0n) is 17.3. The van der Waals surface area contributed by atoms with E-state index < -0.39 is 0 Å². The first-order valence-electron chi connectivity index (χ1n) is 9.57. The van der Waals surface area contributed by atoms with E-state index in [9.17, 15) is 0 Å². The number of hydrogen-bond donors (Lipinski definition) is 1. The number of nitrogens with one attached hydrogen (secondary N) is 1. The number of ether oxygens (including phenoxy) is 2. The first-order valence-corrected chi connectivity index (χ1v) is 9.57. The fourth-order valence-electron chi connectivity index (χ4n) is 3.41. The number of anilines is 1. The summed E-state index contributed by atoms with van der Waals surface area (Å²) in [5.74, 6) is 3.69. The van der Waals surface area contributed by atoms with Crippen LogP contribution in [0.1, 0.15) is 5.56 Å². The third-order valence-electron chi connectivity index (χ3n) is 4.93. The minimum Gasteiger partial charge on any atom is -0.497 e. The summed E-state index contributed by atoms with van der Waals surface area (Å²) in [6.45, 7) is 4.47. The van der Waals surface area contributed by atoms with Crippen molar-refractivity contribution >= 4 is 35.8 Å². The second-order valence-corrected chi connectivity index (χ2v) is 6.56. The number of halogens is 1. The molecular formula is C21H30IN5O2. The second-order valence-electron chi connectivity index (χ2n) is 6.56. The maximum Gasteiger partial charge on any atom is 0.193 e. The number of piperazine rings is 1. The van der Waals surface area contributed by atoms with Gasteiger partial charge in [0.15, 0.2) is 5.96 Å². The number of guanidine groups is 1. The Morgan fingerprint density at radius 3 is 2.52 bits per heavy atom. The van der Waals surface area contributed by atoms with Crippen LogP contribution in [0.3, 0.4) is 0 Å². The lowest BCUT2D eigenvalue weighted by Crippen LogP contribution is -2.53. The largest absolute Gasteiger partial charge is 0.497 e. The molecule has 1 aliphatic heterocycles. The minimum absolute atomic E-state index is 0. The van der Waals surface area contributed by atoms with Gasteiger partial charge < -0.3 is 24.6 Å². The highest BCUT2D eigenvalue weighted by molar-refractivity contribution is 14.0. The Morgan fingerprint density at radius 1 is 1.10 bits per heavy atom. The summed E-state index contributed by atoms with van der Waals surface area (Å²) in [6.07, 6.45) is 2.67. The number of aliphatic imine (C=N–C) groups is 1. The normalized spacial score (nSPS) is 14.2. The Morgan fingerprint density at radius 2 is 1.90 bits per heavy atom. The molecule has 0 bridgehead atoms. The van der Waals surface area contributed by atoms with E-state index in [4.69, 9.17) is 9.47 Å². The van der Waals surface area contributed by atoms with Crippen molar-refractivity contribution < 1.29 is 9.47 Å². The van der Waals surface area contributed by atoms with Gasteiger partial charge in [0.05, 0.1) is 14.2 Å². The lowest BCUT2D eigenvalue weighted by Gasteiger charge is -2.37. The average Bonchev–Trinajstić information content (AvgIpc) is 2.77. The van der Waals surface area contributed by atoms with Crippen LogP contribution >= 0.6 is 24.0 Å². The van der Waals surface area contributed by atoms with E-state index >= 15 is 0 Å². The highest BCUT2D eigenvalue weighted by Crippen LogP contribution is 2.24. The molecule has 0 saturated carbocycles. The molecule has 3 rings (SSSR count). The quantitative estimate of drug-likeness (QED) is 0.366. The van der Waals surface area contributed by atoms with Crippen LogP contribution < -0.4 is 19.7 Å². The van der Waals surface area contributed by atoms with E-state index in [2.05, 4.69) is 31.2 Å². The van der Waals surface area contributed by atoms with Crippen molar-refractivity contribution in [2.24, 2.45) is 4.99 Å². The molecule has 1 fully saturated rings. The Labute approximate surface area is 190 Å². The molecule has 1 aromatic heterocycles. The van der Waals surface area contributed by atoms with Crippen molar-refractivity contribution in [1.82, 2.24) is 15.2 Å².